The highest BCUT2D eigenvalue weighted by Crippen LogP contribution is 2.22. The van der Waals surface area contributed by atoms with Crippen LogP contribution in [-0.4, -0.2) is 4.98 Å². The smallest absolute Gasteiger partial charge is 0.141 e. The van der Waals surface area contributed by atoms with Gasteiger partial charge in [-0.1, -0.05) is 30.3 Å². The number of ether oxygens (including phenoxy) is 1. The lowest BCUT2D eigenvalue weighted by Crippen LogP contribution is -2.01. The third-order valence-corrected chi connectivity index (χ3v) is 2.64. The van der Waals surface area contributed by atoms with Gasteiger partial charge in [0.25, 0.3) is 0 Å². The summed E-state index contributed by atoms with van der Waals surface area (Å²) >= 11 is 0. The Morgan fingerprint density at radius 1 is 1.22 bits per heavy atom. The van der Waals surface area contributed by atoms with Crippen LogP contribution in [0.15, 0.2) is 36.4 Å². The lowest BCUT2D eigenvalue weighted by molar-refractivity contribution is 0.304. The van der Waals surface area contributed by atoms with Gasteiger partial charge in [0.2, 0.25) is 0 Å². The van der Waals surface area contributed by atoms with E-state index in [1.165, 1.54) is 0 Å². The summed E-state index contributed by atoms with van der Waals surface area (Å²) in [5.41, 5.74) is 3.15. The molecule has 3 heteroatoms. The van der Waals surface area contributed by atoms with Gasteiger partial charge in [0.15, 0.2) is 0 Å². The van der Waals surface area contributed by atoms with E-state index in [4.69, 9.17) is 10.00 Å². The zero-order chi connectivity index (χ0) is 13.0. The average molecular weight is 238 g/mol. The highest BCUT2D eigenvalue weighted by molar-refractivity contribution is 5.46. The third-order valence-electron chi connectivity index (χ3n) is 2.64. The van der Waals surface area contributed by atoms with E-state index < -0.39 is 0 Å². The lowest BCUT2D eigenvalue weighted by Gasteiger charge is -2.10. The first-order chi connectivity index (χ1) is 8.70. The van der Waals surface area contributed by atoms with E-state index >= 15 is 0 Å². The average Bonchev–Trinajstić information content (AvgIpc) is 2.37. The summed E-state index contributed by atoms with van der Waals surface area (Å²) in [6.07, 6.45) is 0. The van der Waals surface area contributed by atoms with Crippen LogP contribution in [0.5, 0.6) is 5.75 Å². The molecule has 0 spiro atoms. The molecule has 1 aromatic heterocycles. The number of rotatable bonds is 3. The minimum Gasteiger partial charge on any atom is -0.487 e. The molecule has 0 bridgehead atoms. The van der Waals surface area contributed by atoms with Gasteiger partial charge in [-0.2, -0.15) is 5.26 Å². The van der Waals surface area contributed by atoms with Gasteiger partial charge in [0, 0.05) is 11.8 Å². The number of hydrogen-bond acceptors (Lipinski definition) is 3. The van der Waals surface area contributed by atoms with Crippen LogP contribution in [0.1, 0.15) is 22.5 Å². The van der Waals surface area contributed by atoms with E-state index in [-0.39, 0.29) is 0 Å². The van der Waals surface area contributed by atoms with Crippen LogP contribution in [-0.2, 0) is 6.61 Å². The minimum absolute atomic E-state index is 0.457. The van der Waals surface area contributed by atoms with Crippen molar-refractivity contribution in [1.82, 2.24) is 4.98 Å². The van der Waals surface area contributed by atoms with Crippen LogP contribution in [0, 0.1) is 25.2 Å². The second-order valence-electron chi connectivity index (χ2n) is 4.11. The fraction of sp³-hybridized carbons (Fsp3) is 0.200. The Hall–Kier alpha value is -2.34. The van der Waals surface area contributed by atoms with Gasteiger partial charge in [0.05, 0.1) is 5.69 Å². The molecule has 0 amide bonds. The third kappa shape index (κ3) is 2.67. The highest BCUT2D eigenvalue weighted by atomic mass is 16.5. The fourth-order valence-corrected chi connectivity index (χ4v) is 1.78. The lowest BCUT2D eigenvalue weighted by atomic mass is 10.2. The summed E-state index contributed by atoms with van der Waals surface area (Å²) in [6, 6.07) is 13.8. The van der Waals surface area contributed by atoms with Gasteiger partial charge in [-0.15, -0.1) is 0 Å². The normalized spacial score (nSPS) is 9.83. The number of nitrogens with zero attached hydrogens (tertiary/aromatic N) is 2. The number of benzene rings is 1. The zero-order valence-electron chi connectivity index (χ0n) is 10.5. The van der Waals surface area contributed by atoms with E-state index in [0.29, 0.717) is 23.6 Å². The molecule has 0 fully saturated rings. The predicted molar refractivity (Wildman–Crippen MR) is 69.2 cm³/mol. The maximum Gasteiger partial charge on any atom is 0.141 e. The summed E-state index contributed by atoms with van der Waals surface area (Å²) in [6.45, 7) is 4.17. The summed E-state index contributed by atoms with van der Waals surface area (Å²) in [5, 5.41) is 9.12. The highest BCUT2D eigenvalue weighted by Gasteiger charge is 2.09. The molecule has 1 aromatic carbocycles. The zero-order valence-corrected chi connectivity index (χ0v) is 10.5. The maximum absolute atomic E-state index is 9.12. The SMILES string of the molecule is Cc1cc(OCc2ccccc2)c(C#N)c(C)n1. The predicted octanol–water partition coefficient (Wildman–Crippen LogP) is 3.15. The molecule has 0 aliphatic carbocycles. The molecule has 90 valence electrons. The molecule has 2 aromatic rings. The molecule has 0 aliphatic rings. The van der Waals surface area contributed by atoms with E-state index in [0.717, 1.165) is 11.3 Å². The van der Waals surface area contributed by atoms with Crippen LogP contribution in [0.2, 0.25) is 0 Å². The van der Waals surface area contributed by atoms with E-state index in [1.807, 2.05) is 44.2 Å². The summed E-state index contributed by atoms with van der Waals surface area (Å²) in [4.78, 5) is 4.26. The molecule has 0 saturated heterocycles. The van der Waals surface area contributed by atoms with Gasteiger partial charge in [0.1, 0.15) is 24.0 Å². The number of aryl methyl sites for hydroxylation is 2. The Kier molecular flexibility index (Phi) is 3.59. The number of pyridine rings is 1. The molecular weight excluding hydrogens is 224 g/mol. The van der Waals surface area contributed by atoms with E-state index in [2.05, 4.69) is 11.1 Å². The van der Waals surface area contributed by atoms with Crippen LogP contribution < -0.4 is 4.74 Å². The Labute approximate surface area is 107 Å². The monoisotopic (exact) mass is 238 g/mol. The van der Waals surface area contributed by atoms with Crippen LogP contribution in [0.25, 0.3) is 0 Å². The second kappa shape index (κ2) is 5.33. The number of aromatic nitrogens is 1. The summed E-state index contributed by atoms with van der Waals surface area (Å²) in [7, 11) is 0. The Balaban J connectivity index is 2.22. The molecule has 3 nitrogen and oxygen atoms in total. The molecule has 0 aliphatic heterocycles. The molecule has 18 heavy (non-hydrogen) atoms. The van der Waals surface area contributed by atoms with Gasteiger partial charge in [-0.3, -0.25) is 4.98 Å². The van der Waals surface area contributed by atoms with Crippen molar-refractivity contribution < 1.29 is 4.74 Å². The summed E-state index contributed by atoms with van der Waals surface area (Å²) in [5.74, 6) is 0.603. The standard InChI is InChI=1S/C15H14N2O/c1-11-8-15(14(9-16)12(2)17-11)18-10-13-6-4-3-5-7-13/h3-8H,10H2,1-2H3. The molecule has 0 radical (unpaired) electrons. The first-order valence-corrected chi connectivity index (χ1v) is 5.76. The van der Waals surface area contributed by atoms with Crippen LogP contribution in [0.3, 0.4) is 0 Å². The van der Waals surface area contributed by atoms with Crippen molar-refractivity contribution in [2.75, 3.05) is 0 Å². The van der Waals surface area contributed by atoms with Crippen molar-refractivity contribution in [3.05, 3.63) is 58.9 Å². The largest absolute Gasteiger partial charge is 0.487 e. The Bertz CT molecular complexity index is 585. The molecule has 2 rings (SSSR count). The van der Waals surface area contributed by atoms with Crippen LogP contribution in [0.4, 0.5) is 0 Å². The topological polar surface area (TPSA) is 45.9 Å². The maximum atomic E-state index is 9.12. The van der Waals surface area contributed by atoms with Gasteiger partial charge in [-0.05, 0) is 19.4 Å². The van der Waals surface area contributed by atoms with E-state index in [1.54, 1.807) is 6.07 Å². The fourth-order valence-electron chi connectivity index (χ4n) is 1.78. The van der Waals surface area contributed by atoms with Crippen molar-refractivity contribution >= 4 is 0 Å². The molecular formula is C15H14N2O. The number of nitriles is 1. The van der Waals surface area contributed by atoms with Crippen molar-refractivity contribution in [3.63, 3.8) is 0 Å². The van der Waals surface area contributed by atoms with Crippen molar-refractivity contribution in [2.45, 2.75) is 20.5 Å². The molecule has 0 saturated carbocycles. The first-order valence-electron chi connectivity index (χ1n) is 5.76. The van der Waals surface area contributed by atoms with Crippen molar-refractivity contribution in [2.24, 2.45) is 0 Å². The minimum atomic E-state index is 0.457. The van der Waals surface area contributed by atoms with Gasteiger partial charge >= 0.3 is 0 Å². The quantitative estimate of drug-likeness (QED) is 0.825. The van der Waals surface area contributed by atoms with E-state index in [9.17, 15) is 0 Å². The molecule has 0 atom stereocenters. The molecule has 0 N–H and O–H groups in total. The Morgan fingerprint density at radius 3 is 2.61 bits per heavy atom. The van der Waals surface area contributed by atoms with Crippen molar-refractivity contribution in [1.29, 1.82) is 5.26 Å². The Morgan fingerprint density at radius 2 is 1.94 bits per heavy atom. The van der Waals surface area contributed by atoms with Crippen molar-refractivity contribution in [3.8, 4) is 11.8 Å². The van der Waals surface area contributed by atoms with Gasteiger partial charge < -0.3 is 4.74 Å². The molecule has 0 unspecified atom stereocenters. The molecule has 1 heterocycles. The second-order valence-corrected chi connectivity index (χ2v) is 4.11. The van der Waals surface area contributed by atoms with Crippen LogP contribution >= 0.6 is 0 Å². The van der Waals surface area contributed by atoms with Gasteiger partial charge in [-0.25, -0.2) is 0 Å². The summed E-state index contributed by atoms with van der Waals surface area (Å²) < 4.78 is 5.71. The number of hydrogen-bond donors (Lipinski definition) is 0. The first kappa shape index (κ1) is 12.1.